The van der Waals surface area contributed by atoms with E-state index >= 15 is 0 Å². The first-order valence-electron chi connectivity index (χ1n) is 4.29. The van der Waals surface area contributed by atoms with E-state index in [0.29, 0.717) is 11.1 Å². The molecule has 1 heterocycles. The Morgan fingerprint density at radius 1 is 1.73 bits per heavy atom. The van der Waals surface area contributed by atoms with Crippen molar-refractivity contribution >= 4 is 28.0 Å². The zero-order chi connectivity index (χ0) is 11.3. The number of rotatable bonds is 3. The molecule has 1 aromatic heterocycles. The number of aromatic nitrogens is 1. The number of pyridine rings is 1. The molecule has 1 aromatic rings. The number of hydrogen-bond acceptors (Lipinski definition) is 3. The van der Waals surface area contributed by atoms with E-state index in [4.69, 9.17) is 0 Å². The van der Waals surface area contributed by atoms with Gasteiger partial charge >= 0.3 is 5.97 Å². The third-order valence-corrected chi connectivity index (χ3v) is 1.95. The Morgan fingerprint density at radius 3 is 3.13 bits per heavy atom. The minimum absolute atomic E-state index is 0.234. The highest BCUT2D eigenvalue weighted by molar-refractivity contribution is 9.10. The lowest BCUT2D eigenvalue weighted by molar-refractivity contribution is -0.137. The van der Waals surface area contributed by atoms with Crippen molar-refractivity contribution in [3.05, 3.63) is 34.3 Å². The summed E-state index contributed by atoms with van der Waals surface area (Å²) in [6.45, 7) is 2.00. The van der Waals surface area contributed by atoms with Crippen molar-refractivity contribution in [2.45, 2.75) is 6.92 Å². The van der Waals surface area contributed by atoms with Gasteiger partial charge in [0.15, 0.2) is 0 Å². The van der Waals surface area contributed by atoms with Crippen molar-refractivity contribution in [1.82, 2.24) is 4.98 Å². The zero-order valence-electron chi connectivity index (χ0n) is 8.04. The van der Waals surface area contributed by atoms with Gasteiger partial charge in [-0.3, -0.25) is 0 Å². The fourth-order valence-electron chi connectivity index (χ4n) is 0.903. The Balaban J connectivity index is 2.79. The first-order chi connectivity index (χ1) is 7.13. The standard InChI is InChI=1S/C10H9BrFNO2/c1-2-15-9(14)4-3-7-5-8(11)6-13-10(7)12/h3-6H,2H2,1H3/b4-3+. The Bertz CT molecular complexity index is 393. The van der Waals surface area contributed by atoms with Gasteiger partial charge in [0.05, 0.1) is 6.61 Å². The van der Waals surface area contributed by atoms with Crippen LogP contribution >= 0.6 is 15.9 Å². The van der Waals surface area contributed by atoms with Crippen molar-refractivity contribution < 1.29 is 13.9 Å². The number of carbonyl (C=O) groups is 1. The SMILES string of the molecule is CCOC(=O)/C=C/c1cc(Br)cnc1F. The van der Waals surface area contributed by atoms with Crippen molar-refractivity contribution in [3.8, 4) is 0 Å². The van der Waals surface area contributed by atoms with Crippen LogP contribution in [-0.4, -0.2) is 17.6 Å². The molecule has 0 saturated carbocycles. The number of nitrogens with zero attached hydrogens (tertiary/aromatic N) is 1. The molecular formula is C10H9BrFNO2. The monoisotopic (exact) mass is 273 g/mol. The van der Waals surface area contributed by atoms with E-state index in [1.165, 1.54) is 18.3 Å². The number of ether oxygens (including phenoxy) is 1. The topological polar surface area (TPSA) is 39.2 Å². The zero-order valence-corrected chi connectivity index (χ0v) is 9.62. The molecule has 1 rings (SSSR count). The summed E-state index contributed by atoms with van der Waals surface area (Å²) in [5.41, 5.74) is 0.234. The Morgan fingerprint density at radius 2 is 2.47 bits per heavy atom. The molecule has 0 fully saturated rings. The van der Waals surface area contributed by atoms with Gasteiger partial charge in [0.2, 0.25) is 5.95 Å². The van der Waals surface area contributed by atoms with Crippen LogP contribution in [0.4, 0.5) is 4.39 Å². The summed E-state index contributed by atoms with van der Waals surface area (Å²) in [5.74, 6) is -1.13. The molecule has 15 heavy (non-hydrogen) atoms. The molecule has 0 aliphatic rings. The van der Waals surface area contributed by atoms with E-state index in [-0.39, 0.29) is 5.56 Å². The van der Waals surface area contributed by atoms with Crippen LogP contribution in [0.3, 0.4) is 0 Å². The molecule has 0 aliphatic carbocycles. The lowest BCUT2D eigenvalue weighted by Crippen LogP contribution is -1.99. The molecular weight excluding hydrogens is 265 g/mol. The predicted molar refractivity (Wildman–Crippen MR) is 57.6 cm³/mol. The Labute approximate surface area is 95.1 Å². The first kappa shape index (κ1) is 11.8. The van der Waals surface area contributed by atoms with Crippen LogP contribution < -0.4 is 0 Å². The third kappa shape index (κ3) is 3.79. The van der Waals surface area contributed by atoms with E-state index in [1.807, 2.05) is 0 Å². The van der Waals surface area contributed by atoms with Crippen molar-refractivity contribution in [2.24, 2.45) is 0 Å². The fraction of sp³-hybridized carbons (Fsp3) is 0.200. The molecule has 0 bridgehead atoms. The Hall–Kier alpha value is -1.23. The number of carbonyl (C=O) groups excluding carboxylic acids is 1. The van der Waals surface area contributed by atoms with E-state index in [9.17, 15) is 9.18 Å². The maximum absolute atomic E-state index is 13.1. The van der Waals surface area contributed by atoms with Gasteiger partial charge in [-0.25, -0.2) is 9.78 Å². The van der Waals surface area contributed by atoms with Crippen LogP contribution in [0.15, 0.2) is 22.8 Å². The van der Waals surface area contributed by atoms with Gasteiger partial charge in [0.25, 0.3) is 0 Å². The predicted octanol–water partition coefficient (Wildman–Crippen LogP) is 2.56. The number of esters is 1. The van der Waals surface area contributed by atoms with Crippen molar-refractivity contribution in [3.63, 3.8) is 0 Å². The average Bonchev–Trinajstić information content (AvgIpc) is 2.20. The maximum Gasteiger partial charge on any atom is 0.330 e. The van der Waals surface area contributed by atoms with Gasteiger partial charge in [-0.15, -0.1) is 0 Å². The molecule has 0 aromatic carbocycles. The molecule has 0 amide bonds. The van der Waals surface area contributed by atoms with Gasteiger partial charge in [-0.2, -0.15) is 4.39 Å². The summed E-state index contributed by atoms with van der Waals surface area (Å²) >= 11 is 3.15. The highest BCUT2D eigenvalue weighted by Gasteiger charge is 2.01. The second-order valence-corrected chi connectivity index (χ2v) is 3.53. The molecule has 5 heteroatoms. The van der Waals surface area contributed by atoms with Crippen LogP contribution in [0.2, 0.25) is 0 Å². The number of halogens is 2. The van der Waals surface area contributed by atoms with Gasteiger partial charge in [0.1, 0.15) is 0 Å². The Kier molecular flexibility index (Phi) is 4.42. The van der Waals surface area contributed by atoms with Crippen molar-refractivity contribution in [1.29, 1.82) is 0 Å². The smallest absolute Gasteiger partial charge is 0.330 e. The summed E-state index contributed by atoms with van der Waals surface area (Å²) in [6, 6.07) is 1.53. The molecule has 3 nitrogen and oxygen atoms in total. The number of hydrogen-bond donors (Lipinski definition) is 0. The largest absolute Gasteiger partial charge is 0.463 e. The normalized spacial score (nSPS) is 10.6. The first-order valence-corrected chi connectivity index (χ1v) is 5.08. The third-order valence-electron chi connectivity index (χ3n) is 1.52. The van der Waals surface area contributed by atoms with Crippen LogP contribution in [0.1, 0.15) is 12.5 Å². The van der Waals surface area contributed by atoms with Gasteiger partial charge in [-0.05, 0) is 35.0 Å². The molecule has 80 valence electrons. The minimum Gasteiger partial charge on any atom is -0.463 e. The highest BCUT2D eigenvalue weighted by atomic mass is 79.9. The lowest BCUT2D eigenvalue weighted by atomic mass is 10.2. The molecule has 0 spiro atoms. The molecule has 0 unspecified atom stereocenters. The molecule has 0 atom stereocenters. The summed E-state index contributed by atoms with van der Waals surface area (Å²) in [6.07, 6.45) is 3.83. The van der Waals surface area contributed by atoms with Crippen LogP contribution in [0.5, 0.6) is 0 Å². The molecule has 0 aliphatic heterocycles. The maximum atomic E-state index is 13.1. The summed E-state index contributed by atoms with van der Waals surface area (Å²) in [5, 5.41) is 0. The van der Waals surface area contributed by atoms with Gasteiger partial charge in [-0.1, -0.05) is 0 Å². The van der Waals surface area contributed by atoms with E-state index in [2.05, 4.69) is 25.7 Å². The van der Waals surface area contributed by atoms with E-state index in [0.717, 1.165) is 6.08 Å². The molecule has 0 radical (unpaired) electrons. The van der Waals surface area contributed by atoms with Crippen LogP contribution in [0, 0.1) is 5.95 Å². The quantitative estimate of drug-likeness (QED) is 0.483. The summed E-state index contributed by atoms with van der Waals surface area (Å²) in [7, 11) is 0. The second-order valence-electron chi connectivity index (χ2n) is 2.62. The van der Waals surface area contributed by atoms with E-state index < -0.39 is 11.9 Å². The molecule has 0 saturated heterocycles. The fourth-order valence-corrected chi connectivity index (χ4v) is 1.25. The van der Waals surface area contributed by atoms with Crippen LogP contribution in [-0.2, 0) is 9.53 Å². The summed E-state index contributed by atoms with van der Waals surface area (Å²) < 4.78 is 18.4. The van der Waals surface area contributed by atoms with Crippen LogP contribution in [0.25, 0.3) is 6.08 Å². The average molecular weight is 274 g/mol. The van der Waals surface area contributed by atoms with Gasteiger partial charge in [0, 0.05) is 22.3 Å². The van der Waals surface area contributed by atoms with E-state index in [1.54, 1.807) is 6.92 Å². The summed E-state index contributed by atoms with van der Waals surface area (Å²) in [4.78, 5) is 14.4. The molecule has 0 N–H and O–H groups in total. The highest BCUT2D eigenvalue weighted by Crippen LogP contribution is 2.14. The minimum atomic E-state index is -0.626. The van der Waals surface area contributed by atoms with Gasteiger partial charge < -0.3 is 4.74 Å². The van der Waals surface area contributed by atoms with Crippen molar-refractivity contribution in [2.75, 3.05) is 6.61 Å². The lowest BCUT2D eigenvalue weighted by Gasteiger charge is -1.97. The second kappa shape index (κ2) is 5.60.